The molecule has 0 saturated heterocycles. The molecule has 0 bridgehead atoms. The predicted molar refractivity (Wildman–Crippen MR) is 125 cm³/mol. The predicted octanol–water partition coefficient (Wildman–Crippen LogP) is 4.52. The zero-order valence-electron chi connectivity index (χ0n) is 18.4. The van der Waals surface area contributed by atoms with Gasteiger partial charge < -0.3 is 14.8 Å². The molecule has 3 aromatic rings. The van der Waals surface area contributed by atoms with Crippen LogP contribution in [0.1, 0.15) is 18.1 Å². The minimum atomic E-state index is -3.84. The average molecular weight is 455 g/mol. The maximum Gasteiger partial charge on any atom is 0.265 e. The van der Waals surface area contributed by atoms with E-state index in [-0.39, 0.29) is 10.8 Å². The third-order valence-corrected chi connectivity index (χ3v) is 6.18. The SMILES string of the molecule is COc1ccc(C)cc1NS(=O)(=O)c1ccc(NC(=O)[C@@H](C)Oc2ccccc2C)cc1. The van der Waals surface area contributed by atoms with Crippen molar-refractivity contribution in [2.45, 2.75) is 31.8 Å². The monoisotopic (exact) mass is 454 g/mol. The summed E-state index contributed by atoms with van der Waals surface area (Å²) < 4.78 is 39.1. The summed E-state index contributed by atoms with van der Waals surface area (Å²) >= 11 is 0. The van der Waals surface area contributed by atoms with E-state index in [2.05, 4.69) is 10.0 Å². The summed E-state index contributed by atoms with van der Waals surface area (Å²) in [4.78, 5) is 12.5. The van der Waals surface area contributed by atoms with Crippen LogP contribution in [0.4, 0.5) is 11.4 Å². The van der Waals surface area contributed by atoms with Crippen molar-refractivity contribution in [1.29, 1.82) is 0 Å². The van der Waals surface area contributed by atoms with Gasteiger partial charge in [-0.05, 0) is 74.4 Å². The van der Waals surface area contributed by atoms with Gasteiger partial charge in [-0.3, -0.25) is 9.52 Å². The first kappa shape index (κ1) is 23.1. The summed E-state index contributed by atoms with van der Waals surface area (Å²) in [6, 6.07) is 18.6. The lowest BCUT2D eigenvalue weighted by molar-refractivity contribution is -0.122. The molecule has 3 aromatic carbocycles. The molecule has 32 heavy (non-hydrogen) atoms. The second-order valence-electron chi connectivity index (χ2n) is 7.35. The Morgan fingerprint density at radius 3 is 2.28 bits per heavy atom. The van der Waals surface area contributed by atoms with Crippen LogP contribution < -0.4 is 19.5 Å². The first-order valence-corrected chi connectivity index (χ1v) is 11.5. The van der Waals surface area contributed by atoms with Gasteiger partial charge in [0.1, 0.15) is 11.5 Å². The Hall–Kier alpha value is -3.52. The molecule has 0 unspecified atom stereocenters. The van der Waals surface area contributed by atoms with Gasteiger partial charge in [0.05, 0.1) is 17.7 Å². The Balaban J connectivity index is 1.68. The number of para-hydroxylation sites is 1. The van der Waals surface area contributed by atoms with Crippen LogP contribution in [-0.2, 0) is 14.8 Å². The second kappa shape index (κ2) is 9.74. The molecule has 8 heteroatoms. The van der Waals surface area contributed by atoms with Gasteiger partial charge in [-0.25, -0.2) is 8.42 Å². The van der Waals surface area contributed by atoms with E-state index in [1.54, 1.807) is 25.1 Å². The van der Waals surface area contributed by atoms with Crippen molar-refractivity contribution in [3.8, 4) is 11.5 Å². The summed E-state index contributed by atoms with van der Waals surface area (Å²) in [6.07, 6.45) is -0.727. The molecular weight excluding hydrogens is 428 g/mol. The molecule has 3 rings (SSSR count). The summed E-state index contributed by atoms with van der Waals surface area (Å²) in [6.45, 7) is 5.41. The standard InChI is InChI=1S/C24H26N2O5S/c1-16-9-14-23(30-4)21(15-16)26-32(28,29)20-12-10-19(11-13-20)25-24(27)18(3)31-22-8-6-5-7-17(22)2/h5-15,18,26H,1-4H3,(H,25,27)/t18-/m1/s1. The minimum Gasteiger partial charge on any atom is -0.495 e. The van der Waals surface area contributed by atoms with Gasteiger partial charge in [-0.15, -0.1) is 0 Å². The lowest BCUT2D eigenvalue weighted by atomic mass is 10.2. The van der Waals surface area contributed by atoms with E-state index in [1.807, 2.05) is 38.1 Å². The molecule has 0 aromatic heterocycles. The Labute approximate surface area is 188 Å². The minimum absolute atomic E-state index is 0.0586. The third kappa shape index (κ3) is 5.59. The van der Waals surface area contributed by atoms with Gasteiger partial charge in [-0.1, -0.05) is 24.3 Å². The Kier molecular flexibility index (Phi) is 7.05. The summed E-state index contributed by atoms with van der Waals surface area (Å²) in [5.74, 6) is 0.714. The number of ether oxygens (including phenoxy) is 2. The number of sulfonamides is 1. The van der Waals surface area contributed by atoms with Crippen molar-refractivity contribution in [2.24, 2.45) is 0 Å². The summed E-state index contributed by atoms with van der Waals surface area (Å²) in [5.41, 5.74) is 2.64. The number of anilines is 2. The second-order valence-corrected chi connectivity index (χ2v) is 9.03. The molecule has 2 N–H and O–H groups in total. The van der Waals surface area contributed by atoms with Crippen LogP contribution in [0, 0.1) is 13.8 Å². The number of hydrogen-bond donors (Lipinski definition) is 2. The number of nitrogens with one attached hydrogen (secondary N) is 2. The van der Waals surface area contributed by atoms with Gasteiger partial charge in [0, 0.05) is 5.69 Å². The van der Waals surface area contributed by atoms with Crippen molar-refractivity contribution >= 4 is 27.3 Å². The van der Waals surface area contributed by atoms with Gasteiger partial charge in [0.15, 0.2) is 6.10 Å². The normalized spacial score (nSPS) is 12.0. The van der Waals surface area contributed by atoms with Crippen LogP contribution in [0.2, 0.25) is 0 Å². The van der Waals surface area contributed by atoms with Gasteiger partial charge in [0.25, 0.3) is 15.9 Å². The smallest absolute Gasteiger partial charge is 0.265 e. The van der Waals surface area contributed by atoms with Crippen LogP contribution in [-0.4, -0.2) is 27.5 Å². The van der Waals surface area contributed by atoms with E-state index in [0.29, 0.717) is 22.9 Å². The molecule has 0 heterocycles. The number of methoxy groups -OCH3 is 1. The molecule has 7 nitrogen and oxygen atoms in total. The van der Waals surface area contributed by atoms with E-state index in [0.717, 1.165) is 11.1 Å². The molecule has 0 aliphatic carbocycles. The van der Waals surface area contributed by atoms with E-state index in [1.165, 1.54) is 31.4 Å². The van der Waals surface area contributed by atoms with E-state index >= 15 is 0 Å². The molecule has 168 valence electrons. The summed E-state index contributed by atoms with van der Waals surface area (Å²) in [7, 11) is -2.36. The van der Waals surface area contributed by atoms with Crippen molar-refractivity contribution < 1.29 is 22.7 Å². The highest BCUT2D eigenvalue weighted by Crippen LogP contribution is 2.28. The number of amides is 1. The van der Waals surface area contributed by atoms with Crippen LogP contribution in [0.15, 0.2) is 71.6 Å². The van der Waals surface area contributed by atoms with Crippen molar-refractivity contribution in [2.75, 3.05) is 17.1 Å². The number of aryl methyl sites for hydroxylation is 2. The van der Waals surface area contributed by atoms with Gasteiger partial charge in [-0.2, -0.15) is 0 Å². The fourth-order valence-corrected chi connectivity index (χ4v) is 4.06. The number of hydrogen-bond acceptors (Lipinski definition) is 5. The number of benzene rings is 3. The quantitative estimate of drug-likeness (QED) is 0.522. The van der Waals surface area contributed by atoms with Crippen LogP contribution in [0.5, 0.6) is 11.5 Å². The molecule has 0 radical (unpaired) electrons. The van der Waals surface area contributed by atoms with Crippen molar-refractivity contribution in [3.63, 3.8) is 0 Å². The van der Waals surface area contributed by atoms with Crippen molar-refractivity contribution in [3.05, 3.63) is 77.9 Å². The Bertz CT molecular complexity index is 1210. The molecule has 1 amide bonds. The lowest BCUT2D eigenvalue weighted by Gasteiger charge is -2.16. The zero-order valence-corrected chi connectivity index (χ0v) is 19.2. The molecule has 0 saturated carbocycles. The maximum atomic E-state index is 12.8. The molecule has 0 aliphatic heterocycles. The third-order valence-electron chi connectivity index (χ3n) is 4.80. The Morgan fingerprint density at radius 1 is 0.938 bits per heavy atom. The van der Waals surface area contributed by atoms with Crippen LogP contribution >= 0.6 is 0 Å². The van der Waals surface area contributed by atoms with Crippen LogP contribution in [0.3, 0.4) is 0 Å². The highest BCUT2D eigenvalue weighted by atomic mass is 32.2. The van der Waals surface area contributed by atoms with E-state index in [4.69, 9.17) is 9.47 Å². The molecular formula is C24H26N2O5S. The van der Waals surface area contributed by atoms with Gasteiger partial charge in [0.2, 0.25) is 0 Å². The first-order chi connectivity index (χ1) is 15.2. The number of rotatable bonds is 8. The zero-order chi connectivity index (χ0) is 23.3. The fourth-order valence-electron chi connectivity index (χ4n) is 3.00. The first-order valence-electron chi connectivity index (χ1n) is 10.0. The maximum absolute atomic E-state index is 12.8. The van der Waals surface area contributed by atoms with Crippen molar-refractivity contribution in [1.82, 2.24) is 0 Å². The molecule has 0 fully saturated rings. The molecule has 1 atom stereocenters. The lowest BCUT2D eigenvalue weighted by Crippen LogP contribution is -2.30. The van der Waals surface area contributed by atoms with E-state index < -0.39 is 16.1 Å². The molecule has 0 spiro atoms. The Morgan fingerprint density at radius 2 is 1.62 bits per heavy atom. The molecule has 0 aliphatic rings. The number of carbonyl (C=O) groups excluding carboxylic acids is 1. The van der Waals surface area contributed by atoms with Crippen LogP contribution in [0.25, 0.3) is 0 Å². The fraction of sp³-hybridized carbons (Fsp3) is 0.208. The highest BCUT2D eigenvalue weighted by Gasteiger charge is 2.19. The largest absolute Gasteiger partial charge is 0.495 e. The summed E-state index contributed by atoms with van der Waals surface area (Å²) in [5, 5.41) is 2.74. The highest BCUT2D eigenvalue weighted by molar-refractivity contribution is 7.92. The topological polar surface area (TPSA) is 93.7 Å². The average Bonchev–Trinajstić information content (AvgIpc) is 2.75. The number of carbonyl (C=O) groups is 1. The van der Waals surface area contributed by atoms with Gasteiger partial charge >= 0.3 is 0 Å². The van der Waals surface area contributed by atoms with E-state index in [9.17, 15) is 13.2 Å².